The van der Waals surface area contributed by atoms with E-state index >= 15 is 0 Å². The van der Waals surface area contributed by atoms with E-state index in [0.29, 0.717) is 11.4 Å². The van der Waals surface area contributed by atoms with E-state index in [1.165, 1.54) is 51.4 Å². The number of likely N-dealkylation sites (tertiary alicyclic amines) is 2. The molecule has 2 saturated heterocycles. The molecule has 110 valence electrons. The van der Waals surface area contributed by atoms with E-state index in [9.17, 15) is 4.79 Å². The molecule has 19 heavy (non-hydrogen) atoms. The number of nitrogens with zero attached hydrogens (tertiary/aromatic N) is 2. The van der Waals surface area contributed by atoms with Gasteiger partial charge >= 0.3 is 6.03 Å². The number of hydrogen-bond acceptors (Lipinski definition) is 1. The molecule has 0 spiro atoms. The van der Waals surface area contributed by atoms with Crippen LogP contribution in [0.15, 0.2) is 0 Å². The lowest BCUT2D eigenvalue weighted by Crippen LogP contribution is -2.49. The van der Waals surface area contributed by atoms with E-state index in [4.69, 9.17) is 0 Å². The van der Waals surface area contributed by atoms with Gasteiger partial charge < -0.3 is 9.80 Å². The zero-order valence-electron chi connectivity index (χ0n) is 12.8. The fourth-order valence-electron chi connectivity index (χ4n) is 3.59. The highest BCUT2D eigenvalue weighted by molar-refractivity contribution is 5.74. The molecule has 0 radical (unpaired) electrons. The molecule has 0 saturated carbocycles. The fraction of sp³-hybridized carbons (Fsp3) is 0.938. The van der Waals surface area contributed by atoms with E-state index in [-0.39, 0.29) is 0 Å². The average Bonchev–Trinajstić information content (AvgIpc) is 2.76. The average molecular weight is 266 g/mol. The Labute approximate surface area is 118 Å². The number of carbonyl (C=O) groups is 1. The van der Waals surface area contributed by atoms with Gasteiger partial charge in [0.2, 0.25) is 0 Å². The molecule has 3 nitrogen and oxygen atoms in total. The van der Waals surface area contributed by atoms with E-state index in [1.807, 2.05) is 0 Å². The van der Waals surface area contributed by atoms with Crippen LogP contribution in [0.3, 0.4) is 0 Å². The molecule has 2 rings (SSSR count). The maximum atomic E-state index is 12.5. The number of urea groups is 1. The molecule has 2 aliphatic rings. The summed E-state index contributed by atoms with van der Waals surface area (Å²) in [6.07, 6.45) is 9.86. The lowest BCUT2D eigenvalue weighted by atomic mass is 9.74. The maximum absolute atomic E-state index is 12.5. The molecule has 0 aromatic carbocycles. The molecule has 0 bridgehead atoms. The van der Waals surface area contributed by atoms with Crippen molar-refractivity contribution in [3.8, 4) is 0 Å². The topological polar surface area (TPSA) is 23.6 Å². The second kappa shape index (κ2) is 6.62. The van der Waals surface area contributed by atoms with Gasteiger partial charge in [-0.15, -0.1) is 0 Å². The Morgan fingerprint density at radius 3 is 1.79 bits per heavy atom. The van der Waals surface area contributed by atoms with Gasteiger partial charge in [-0.25, -0.2) is 4.79 Å². The van der Waals surface area contributed by atoms with Crippen LogP contribution < -0.4 is 0 Å². The minimum absolute atomic E-state index is 0.308. The summed E-state index contributed by atoms with van der Waals surface area (Å²) in [5.41, 5.74) is 0.509. The second-order valence-corrected chi connectivity index (χ2v) is 6.38. The minimum Gasteiger partial charge on any atom is -0.325 e. The van der Waals surface area contributed by atoms with Crippen molar-refractivity contribution in [2.75, 3.05) is 26.2 Å². The molecule has 3 heteroatoms. The van der Waals surface area contributed by atoms with Crippen LogP contribution in [0, 0.1) is 5.41 Å². The Balaban J connectivity index is 1.88. The molecule has 2 amide bonds. The quantitative estimate of drug-likeness (QED) is 0.744. The lowest BCUT2D eigenvalue weighted by molar-refractivity contribution is 0.0906. The number of piperidine rings is 1. The summed E-state index contributed by atoms with van der Waals surface area (Å²) >= 11 is 0. The molecule has 0 atom stereocenters. The van der Waals surface area contributed by atoms with Crippen LogP contribution >= 0.6 is 0 Å². The Morgan fingerprint density at radius 2 is 1.32 bits per heavy atom. The van der Waals surface area contributed by atoms with Crippen molar-refractivity contribution in [2.24, 2.45) is 5.41 Å². The number of carbonyl (C=O) groups excluding carboxylic acids is 1. The highest BCUT2D eigenvalue weighted by Gasteiger charge is 2.34. The first-order valence-electron chi connectivity index (χ1n) is 8.24. The molecule has 2 fully saturated rings. The summed E-state index contributed by atoms with van der Waals surface area (Å²) < 4.78 is 0. The third kappa shape index (κ3) is 3.43. The Bertz CT molecular complexity index is 281. The van der Waals surface area contributed by atoms with Gasteiger partial charge in [0.05, 0.1) is 0 Å². The van der Waals surface area contributed by atoms with Gasteiger partial charge in [-0.1, -0.05) is 39.5 Å². The third-order valence-corrected chi connectivity index (χ3v) is 5.47. The smallest absolute Gasteiger partial charge is 0.319 e. The van der Waals surface area contributed by atoms with Crippen molar-refractivity contribution in [1.29, 1.82) is 0 Å². The van der Waals surface area contributed by atoms with Crippen LogP contribution in [0.1, 0.15) is 65.2 Å². The van der Waals surface area contributed by atoms with Crippen molar-refractivity contribution in [2.45, 2.75) is 65.2 Å². The largest absolute Gasteiger partial charge is 0.325 e. The van der Waals surface area contributed by atoms with E-state index in [1.54, 1.807) is 0 Å². The van der Waals surface area contributed by atoms with Crippen LogP contribution in [-0.2, 0) is 0 Å². The summed E-state index contributed by atoms with van der Waals surface area (Å²) in [5, 5.41) is 0. The standard InChI is InChI=1S/C16H30N2O/c1-3-16(4-2)9-13-18(14-10-16)15(19)17-11-7-5-6-8-12-17/h3-14H2,1-2H3. The number of amides is 2. The predicted octanol–water partition coefficient (Wildman–Crippen LogP) is 3.88. The molecular formula is C16H30N2O. The van der Waals surface area contributed by atoms with Gasteiger partial charge in [-0.05, 0) is 31.1 Å². The summed E-state index contributed by atoms with van der Waals surface area (Å²) in [5.74, 6) is 0. The number of hydrogen-bond donors (Lipinski definition) is 0. The molecule has 0 aliphatic carbocycles. The molecular weight excluding hydrogens is 236 g/mol. The first-order chi connectivity index (χ1) is 9.21. The van der Waals surface area contributed by atoms with Gasteiger partial charge in [0.15, 0.2) is 0 Å². The van der Waals surface area contributed by atoms with Crippen molar-refractivity contribution < 1.29 is 4.79 Å². The van der Waals surface area contributed by atoms with E-state index in [0.717, 1.165) is 26.2 Å². The van der Waals surface area contributed by atoms with Gasteiger partial charge in [0.1, 0.15) is 0 Å². The summed E-state index contributed by atoms with van der Waals surface area (Å²) in [4.78, 5) is 16.7. The lowest BCUT2D eigenvalue weighted by Gasteiger charge is -2.42. The Hall–Kier alpha value is -0.730. The first kappa shape index (κ1) is 14.7. The van der Waals surface area contributed by atoms with Crippen molar-refractivity contribution >= 4 is 6.03 Å². The van der Waals surface area contributed by atoms with Crippen molar-refractivity contribution in [3.05, 3.63) is 0 Å². The molecule has 0 aromatic rings. The minimum atomic E-state index is 0.308. The third-order valence-electron chi connectivity index (χ3n) is 5.47. The van der Waals surface area contributed by atoms with Crippen LogP contribution in [-0.4, -0.2) is 42.0 Å². The van der Waals surface area contributed by atoms with Crippen LogP contribution in [0.25, 0.3) is 0 Å². The molecule has 0 N–H and O–H groups in total. The SMILES string of the molecule is CCC1(CC)CCN(C(=O)N2CCCCCC2)CC1. The monoisotopic (exact) mass is 266 g/mol. The summed E-state index contributed by atoms with van der Waals surface area (Å²) in [7, 11) is 0. The Kier molecular flexibility index (Phi) is 5.12. The predicted molar refractivity (Wildman–Crippen MR) is 79.3 cm³/mol. The van der Waals surface area contributed by atoms with Crippen LogP contribution in [0.5, 0.6) is 0 Å². The van der Waals surface area contributed by atoms with Gasteiger partial charge in [0, 0.05) is 26.2 Å². The zero-order valence-corrected chi connectivity index (χ0v) is 12.8. The Morgan fingerprint density at radius 1 is 0.842 bits per heavy atom. The van der Waals surface area contributed by atoms with E-state index in [2.05, 4.69) is 23.6 Å². The molecule has 2 aliphatic heterocycles. The normalized spacial score (nSPS) is 24.1. The number of rotatable bonds is 2. The molecule has 2 heterocycles. The van der Waals surface area contributed by atoms with Gasteiger partial charge in [0.25, 0.3) is 0 Å². The molecule has 0 aromatic heterocycles. The van der Waals surface area contributed by atoms with E-state index < -0.39 is 0 Å². The fourth-order valence-corrected chi connectivity index (χ4v) is 3.59. The maximum Gasteiger partial charge on any atom is 0.319 e. The highest BCUT2D eigenvalue weighted by Crippen LogP contribution is 2.38. The van der Waals surface area contributed by atoms with Gasteiger partial charge in [-0.3, -0.25) is 0 Å². The van der Waals surface area contributed by atoms with Crippen LogP contribution in [0.4, 0.5) is 4.79 Å². The summed E-state index contributed by atoms with van der Waals surface area (Å²) in [6.45, 7) is 8.49. The highest BCUT2D eigenvalue weighted by atomic mass is 16.2. The first-order valence-corrected chi connectivity index (χ1v) is 8.24. The van der Waals surface area contributed by atoms with Crippen molar-refractivity contribution in [1.82, 2.24) is 9.80 Å². The van der Waals surface area contributed by atoms with Gasteiger partial charge in [-0.2, -0.15) is 0 Å². The van der Waals surface area contributed by atoms with Crippen molar-refractivity contribution in [3.63, 3.8) is 0 Å². The molecule has 0 unspecified atom stereocenters. The second-order valence-electron chi connectivity index (χ2n) is 6.38. The van der Waals surface area contributed by atoms with Crippen LogP contribution in [0.2, 0.25) is 0 Å². The zero-order chi connectivity index (χ0) is 13.7. The summed E-state index contributed by atoms with van der Waals surface area (Å²) in [6, 6.07) is 0.308.